The second-order valence-electron chi connectivity index (χ2n) is 4.48. The molecule has 20 heavy (non-hydrogen) atoms. The normalized spacial score (nSPS) is 10.1. The van der Waals surface area contributed by atoms with Crippen molar-refractivity contribution in [1.29, 1.82) is 0 Å². The monoisotopic (exact) mass is 280 g/mol. The van der Waals surface area contributed by atoms with Gasteiger partial charge in [-0.2, -0.15) is 0 Å². The Kier molecular flexibility index (Phi) is 7.10. The maximum Gasteiger partial charge on any atom is 0.411 e. The number of ether oxygens (including phenoxy) is 1. The standard InChI is InChI=1S/C14H20N2O4/c1-2-3-4-5-6-11-20-14(17)15-12-7-9-13(10-8-12)16(18)19/h7-10H,2-6,11H2,1H3,(H,15,17). The van der Waals surface area contributed by atoms with Crippen LogP contribution in [-0.4, -0.2) is 17.6 Å². The number of anilines is 1. The van der Waals surface area contributed by atoms with Gasteiger partial charge in [0.15, 0.2) is 0 Å². The van der Waals surface area contributed by atoms with Crippen LogP contribution in [0.4, 0.5) is 16.2 Å². The van der Waals surface area contributed by atoms with Crippen molar-refractivity contribution in [3.05, 3.63) is 34.4 Å². The van der Waals surface area contributed by atoms with Gasteiger partial charge in [-0.15, -0.1) is 0 Å². The maximum atomic E-state index is 11.5. The molecule has 0 spiro atoms. The first-order valence-electron chi connectivity index (χ1n) is 6.81. The van der Waals surface area contributed by atoms with E-state index in [-0.39, 0.29) is 5.69 Å². The first-order valence-corrected chi connectivity index (χ1v) is 6.81. The molecule has 0 unspecified atom stereocenters. The molecule has 110 valence electrons. The van der Waals surface area contributed by atoms with Crippen molar-refractivity contribution in [2.75, 3.05) is 11.9 Å². The van der Waals surface area contributed by atoms with Gasteiger partial charge in [0.1, 0.15) is 0 Å². The molecule has 1 aromatic rings. The van der Waals surface area contributed by atoms with E-state index in [2.05, 4.69) is 12.2 Å². The molecule has 0 bridgehead atoms. The van der Waals surface area contributed by atoms with Gasteiger partial charge >= 0.3 is 6.09 Å². The molecule has 0 saturated carbocycles. The van der Waals surface area contributed by atoms with Crippen LogP contribution in [0.25, 0.3) is 0 Å². The highest BCUT2D eigenvalue weighted by atomic mass is 16.6. The van der Waals surface area contributed by atoms with E-state index in [0.717, 1.165) is 19.3 Å². The number of amides is 1. The van der Waals surface area contributed by atoms with E-state index in [0.29, 0.717) is 12.3 Å². The first kappa shape index (κ1) is 15.9. The third-order valence-corrected chi connectivity index (χ3v) is 2.81. The third kappa shape index (κ3) is 6.17. The minimum atomic E-state index is -0.533. The third-order valence-electron chi connectivity index (χ3n) is 2.81. The largest absolute Gasteiger partial charge is 0.449 e. The molecule has 0 atom stereocenters. The molecule has 0 aliphatic rings. The molecule has 1 N–H and O–H groups in total. The molecule has 1 amide bonds. The number of nitro groups is 1. The number of nitrogens with zero attached hydrogens (tertiary/aromatic N) is 1. The molecule has 0 aromatic heterocycles. The van der Waals surface area contributed by atoms with E-state index < -0.39 is 11.0 Å². The molecule has 0 radical (unpaired) electrons. The van der Waals surface area contributed by atoms with Crippen LogP contribution in [-0.2, 0) is 4.74 Å². The summed E-state index contributed by atoms with van der Waals surface area (Å²) in [5.41, 5.74) is 0.464. The molecule has 0 aliphatic carbocycles. The Balaban J connectivity index is 2.23. The van der Waals surface area contributed by atoms with Crippen LogP contribution in [0.5, 0.6) is 0 Å². The van der Waals surface area contributed by atoms with Crippen LogP contribution in [0.15, 0.2) is 24.3 Å². The summed E-state index contributed by atoms with van der Waals surface area (Å²) in [5.74, 6) is 0. The van der Waals surface area contributed by atoms with E-state index in [1.54, 1.807) is 0 Å². The molecular weight excluding hydrogens is 260 g/mol. The van der Waals surface area contributed by atoms with E-state index in [1.165, 1.54) is 37.1 Å². The summed E-state index contributed by atoms with van der Waals surface area (Å²) in [4.78, 5) is 21.4. The minimum Gasteiger partial charge on any atom is -0.449 e. The average Bonchev–Trinajstić information content (AvgIpc) is 2.43. The number of non-ortho nitro benzene ring substituents is 1. The number of nitrogens with one attached hydrogen (secondary N) is 1. The molecule has 0 heterocycles. The predicted molar refractivity (Wildman–Crippen MR) is 76.8 cm³/mol. The summed E-state index contributed by atoms with van der Waals surface area (Å²) in [6.07, 6.45) is 4.92. The summed E-state index contributed by atoms with van der Waals surface area (Å²) in [5, 5.41) is 13.0. The smallest absolute Gasteiger partial charge is 0.411 e. The van der Waals surface area contributed by atoms with Gasteiger partial charge in [0.25, 0.3) is 5.69 Å². The predicted octanol–water partition coefficient (Wildman–Crippen LogP) is 4.11. The summed E-state index contributed by atoms with van der Waals surface area (Å²) in [6, 6.07) is 5.61. The fourth-order valence-corrected chi connectivity index (χ4v) is 1.69. The van der Waals surface area contributed by atoms with Gasteiger partial charge in [-0.1, -0.05) is 32.6 Å². The second-order valence-corrected chi connectivity index (χ2v) is 4.48. The molecule has 0 saturated heterocycles. The van der Waals surface area contributed by atoms with Crippen molar-refractivity contribution in [2.45, 2.75) is 39.0 Å². The van der Waals surface area contributed by atoms with Crippen molar-refractivity contribution >= 4 is 17.5 Å². The van der Waals surface area contributed by atoms with Gasteiger partial charge in [0.2, 0.25) is 0 Å². The van der Waals surface area contributed by atoms with Crippen molar-refractivity contribution in [1.82, 2.24) is 0 Å². The summed E-state index contributed by atoms with van der Waals surface area (Å²) in [7, 11) is 0. The molecular formula is C14H20N2O4. The van der Waals surface area contributed by atoms with Crippen molar-refractivity contribution in [3.8, 4) is 0 Å². The number of carbonyl (C=O) groups excluding carboxylic acids is 1. The highest BCUT2D eigenvalue weighted by molar-refractivity contribution is 5.84. The fourth-order valence-electron chi connectivity index (χ4n) is 1.69. The molecule has 6 heteroatoms. The number of nitro benzene ring substituents is 1. The quantitative estimate of drug-likeness (QED) is 0.441. The van der Waals surface area contributed by atoms with Crippen molar-refractivity contribution in [3.63, 3.8) is 0 Å². The lowest BCUT2D eigenvalue weighted by molar-refractivity contribution is -0.384. The molecule has 0 aliphatic heterocycles. The zero-order chi connectivity index (χ0) is 14.8. The number of hydrogen-bond donors (Lipinski definition) is 1. The zero-order valence-corrected chi connectivity index (χ0v) is 11.6. The van der Waals surface area contributed by atoms with Crippen LogP contribution in [0.3, 0.4) is 0 Å². The van der Waals surface area contributed by atoms with Gasteiger partial charge in [-0.05, 0) is 18.6 Å². The van der Waals surface area contributed by atoms with Crippen LogP contribution < -0.4 is 5.32 Å². The minimum absolute atomic E-state index is 0.0140. The Morgan fingerprint density at radius 2 is 1.85 bits per heavy atom. The van der Waals surface area contributed by atoms with Crippen LogP contribution in [0.1, 0.15) is 39.0 Å². The van der Waals surface area contributed by atoms with E-state index in [1.807, 2.05) is 0 Å². The fraction of sp³-hybridized carbons (Fsp3) is 0.500. The van der Waals surface area contributed by atoms with Gasteiger partial charge < -0.3 is 4.74 Å². The first-order chi connectivity index (χ1) is 9.63. The Morgan fingerprint density at radius 1 is 1.20 bits per heavy atom. The second kappa shape index (κ2) is 8.90. The average molecular weight is 280 g/mol. The van der Waals surface area contributed by atoms with E-state index in [4.69, 9.17) is 4.74 Å². The van der Waals surface area contributed by atoms with Gasteiger partial charge in [-0.25, -0.2) is 4.79 Å². The lowest BCUT2D eigenvalue weighted by atomic mass is 10.2. The number of hydrogen-bond acceptors (Lipinski definition) is 4. The lowest BCUT2D eigenvalue weighted by Crippen LogP contribution is -2.14. The number of carbonyl (C=O) groups is 1. The number of unbranched alkanes of at least 4 members (excludes halogenated alkanes) is 4. The summed E-state index contributed by atoms with van der Waals surface area (Å²) < 4.78 is 5.02. The SMILES string of the molecule is CCCCCCCOC(=O)Nc1ccc([N+](=O)[O-])cc1. The highest BCUT2D eigenvalue weighted by Crippen LogP contribution is 2.15. The molecule has 6 nitrogen and oxygen atoms in total. The van der Waals surface area contributed by atoms with Gasteiger partial charge in [-0.3, -0.25) is 15.4 Å². The van der Waals surface area contributed by atoms with Crippen molar-refractivity contribution < 1.29 is 14.5 Å². The molecule has 0 fully saturated rings. The van der Waals surface area contributed by atoms with E-state index >= 15 is 0 Å². The Labute approximate surface area is 118 Å². The highest BCUT2D eigenvalue weighted by Gasteiger charge is 2.06. The Morgan fingerprint density at radius 3 is 2.45 bits per heavy atom. The van der Waals surface area contributed by atoms with Crippen LogP contribution in [0, 0.1) is 10.1 Å². The summed E-state index contributed by atoms with van der Waals surface area (Å²) >= 11 is 0. The number of benzene rings is 1. The van der Waals surface area contributed by atoms with Crippen LogP contribution in [0.2, 0.25) is 0 Å². The zero-order valence-electron chi connectivity index (χ0n) is 11.6. The number of rotatable bonds is 8. The lowest BCUT2D eigenvalue weighted by Gasteiger charge is -2.06. The Hall–Kier alpha value is -2.11. The van der Waals surface area contributed by atoms with Gasteiger partial charge in [0.05, 0.1) is 11.5 Å². The van der Waals surface area contributed by atoms with E-state index in [9.17, 15) is 14.9 Å². The molecule has 1 aromatic carbocycles. The van der Waals surface area contributed by atoms with Gasteiger partial charge in [0, 0.05) is 17.8 Å². The maximum absolute atomic E-state index is 11.5. The molecule has 1 rings (SSSR count). The summed E-state index contributed by atoms with van der Waals surface area (Å²) in [6.45, 7) is 2.54. The Bertz CT molecular complexity index is 431. The van der Waals surface area contributed by atoms with Crippen molar-refractivity contribution in [2.24, 2.45) is 0 Å². The topological polar surface area (TPSA) is 81.5 Å². The van der Waals surface area contributed by atoms with Crippen LogP contribution >= 0.6 is 0 Å².